The first-order valence-electron chi connectivity index (χ1n) is 24.3. The quantitative estimate of drug-likeness (QED) is 0.0548. The monoisotopic (exact) mass is 859 g/mol. The molecule has 2 aliphatic rings. The number of unbranched alkanes of at least 4 members (excludes halogenated alkanes) is 8. The Labute approximate surface area is 374 Å². The van der Waals surface area contributed by atoms with Gasteiger partial charge in [0.15, 0.2) is 0 Å². The minimum absolute atomic E-state index is 0.493. The summed E-state index contributed by atoms with van der Waals surface area (Å²) in [6, 6.07) is 4.86. The van der Waals surface area contributed by atoms with Crippen molar-refractivity contribution in [3.05, 3.63) is 67.8 Å². The fourth-order valence-corrected chi connectivity index (χ4v) is 9.90. The maximum Gasteiger partial charge on any atom is 0.309 e. The number of aryl methyl sites for hydroxylation is 4. The molecule has 2 aliphatic carbocycles. The molecule has 2 fully saturated rings. The van der Waals surface area contributed by atoms with Gasteiger partial charge in [0.1, 0.15) is 0 Å². The van der Waals surface area contributed by atoms with E-state index in [1.54, 1.807) is 0 Å². The van der Waals surface area contributed by atoms with Gasteiger partial charge in [-0.1, -0.05) is 63.5 Å². The Kier molecular flexibility index (Phi) is 18.3. The molecule has 2 aromatic rings. The van der Waals surface area contributed by atoms with E-state index in [2.05, 4.69) is 39.8 Å². The third-order valence-electron chi connectivity index (χ3n) is 15.5. The molecular weight excluding hydrogens is 777 g/mol. The summed E-state index contributed by atoms with van der Waals surface area (Å²) in [4.78, 5) is 47.1. The van der Waals surface area contributed by atoms with Crippen LogP contribution in [0, 0.1) is 49.4 Å². The van der Waals surface area contributed by atoms with Gasteiger partial charge in [0.2, 0.25) is 0 Å². The lowest BCUT2D eigenvalue weighted by Gasteiger charge is -2.23. The van der Waals surface area contributed by atoms with Gasteiger partial charge < -0.3 is 20.4 Å². The van der Waals surface area contributed by atoms with Crippen LogP contribution in [0.4, 0.5) is 0 Å². The van der Waals surface area contributed by atoms with Crippen molar-refractivity contribution in [2.24, 2.45) is 21.7 Å². The van der Waals surface area contributed by atoms with Crippen LogP contribution in [0.1, 0.15) is 212 Å². The summed E-state index contributed by atoms with van der Waals surface area (Å²) in [5.74, 6) is -2.76. The normalized spacial score (nSPS) is 15.4. The standard InChI is InChI=1S/C54H82O8/c1-37-35-43(22-13-9-11-17-27-51(5,6)47(55)56)46(45(38(37)2)24-16-20-30-54(33-34-54)50(61)62)26-25-42-36-41(21-15-19-29-53(31-32-53)49(59)60)39(3)44(40(42)4)23-14-10-12-18-28-52(7,8)48(57)58/h35-36H,9-34H2,1-8H3,(H,55,56)(H,57,58)(H,59,60)(H,61,62). The molecule has 0 aromatic heterocycles. The molecule has 2 saturated carbocycles. The van der Waals surface area contributed by atoms with Crippen molar-refractivity contribution in [3.63, 3.8) is 0 Å². The van der Waals surface area contributed by atoms with E-state index in [1.807, 2.05) is 27.7 Å². The number of rotatable bonds is 31. The minimum Gasteiger partial charge on any atom is -0.481 e. The zero-order valence-electron chi connectivity index (χ0n) is 40.0. The molecule has 2 aromatic carbocycles. The number of hydrogen-bond acceptors (Lipinski definition) is 4. The van der Waals surface area contributed by atoms with Crippen LogP contribution >= 0.6 is 0 Å². The summed E-state index contributed by atoms with van der Waals surface area (Å²) in [6.07, 6.45) is 23.6. The lowest BCUT2D eigenvalue weighted by atomic mass is 9.82. The maximum absolute atomic E-state index is 11.9. The zero-order chi connectivity index (χ0) is 45.9. The summed E-state index contributed by atoms with van der Waals surface area (Å²) < 4.78 is 0. The Hall–Kier alpha value is -3.68. The number of carboxylic acids is 4. The minimum atomic E-state index is -0.737. The fourth-order valence-electron chi connectivity index (χ4n) is 9.90. The van der Waals surface area contributed by atoms with Crippen LogP contribution in [0.3, 0.4) is 0 Å². The number of hydrogen-bond donors (Lipinski definition) is 4. The molecule has 8 nitrogen and oxygen atoms in total. The topological polar surface area (TPSA) is 149 Å². The highest BCUT2D eigenvalue weighted by atomic mass is 16.4. The molecular formula is C54H82O8. The van der Waals surface area contributed by atoms with Crippen LogP contribution in [-0.2, 0) is 57.7 Å². The summed E-state index contributed by atoms with van der Waals surface area (Å²) in [5, 5.41) is 38.7. The summed E-state index contributed by atoms with van der Waals surface area (Å²) in [6.45, 7) is 16.3. The predicted molar refractivity (Wildman–Crippen MR) is 249 cm³/mol. The van der Waals surface area contributed by atoms with Gasteiger partial charge in [-0.2, -0.15) is 0 Å². The average molecular weight is 859 g/mol. The van der Waals surface area contributed by atoms with Crippen molar-refractivity contribution >= 4 is 23.9 Å². The molecule has 0 bridgehead atoms. The van der Waals surface area contributed by atoms with E-state index < -0.39 is 45.5 Å². The third kappa shape index (κ3) is 13.9. The first-order valence-corrected chi connectivity index (χ1v) is 24.3. The second-order valence-electron chi connectivity index (χ2n) is 21.1. The number of aliphatic carboxylic acids is 4. The molecule has 4 rings (SSSR count). The summed E-state index contributed by atoms with van der Waals surface area (Å²) in [7, 11) is 0. The fraction of sp³-hybridized carbons (Fsp3) is 0.704. The lowest BCUT2D eigenvalue weighted by Crippen LogP contribution is -2.23. The van der Waals surface area contributed by atoms with Crippen molar-refractivity contribution in [2.75, 3.05) is 0 Å². The van der Waals surface area contributed by atoms with Crippen molar-refractivity contribution in [3.8, 4) is 0 Å². The van der Waals surface area contributed by atoms with E-state index >= 15 is 0 Å². The Morgan fingerprint density at radius 2 is 0.855 bits per heavy atom. The molecule has 0 spiro atoms. The molecule has 0 atom stereocenters. The highest BCUT2D eigenvalue weighted by molar-refractivity contribution is 5.78. The molecule has 4 N–H and O–H groups in total. The molecule has 0 amide bonds. The SMILES string of the molecule is Cc1cc(CCCCCCC(C)(C)C(=O)O)c(CCc2cc(CCCCC3(C(=O)O)CC3)c(C)c(CCCCCCC(C)(C)C(=O)O)c2C)c(CCCCC2(C(=O)O)CC2)c1C. The van der Waals surface area contributed by atoms with Gasteiger partial charge in [0.05, 0.1) is 21.7 Å². The van der Waals surface area contributed by atoms with E-state index in [-0.39, 0.29) is 0 Å². The van der Waals surface area contributed by atoms with Crippen LogP contribution in [0.5, 0.6) is 0 Å². The van der Waals surface area contributed by atoms with Gasteiger partial charge in [-0.3, -0.25) is 19.2 Å². The van der Waals surface area contributed by atoms with E-state index in [4.69, 9.17) is 0 Å². The van der Waals surface area contributed by atoms with Crippen LogP contribution in [0.25, 0.3) is 0 Å². The smallest absolute Gasteiger partial charge is 0.309 e. The Morgan fingerprint density at radius 3 is 1.32 bits per heavy atom. The lowest BCUT2D eigenvalue weighted by molar-refractivity contribution is -0.148. The van der Waals surface area contributed by atoms with Gasteiger partial charge in [-0.25, -0.2) is 0 Å². The van der Waals surface area contributed by atoms with Gasteiger partial charge in [-0.05, 0) is 227 Å². The number of carboxylic acid groups (broad SMARTS) is 4. The summed E-state index contributed by atoms with van der Waals surface area (Å²) in [5.41, 5.74) is 11.5. The van der Waals surface area contributed by atoms with Gasteiger partial charge in [-0.15, -0.1) is 0 Å². The molecule has 0 saturated heterocycles. The van der Waals surface area contributed by atoms with Crippen molar-refractivity contribution in [2.45, 2.75) is 222 Å². The molecule has 0 aliphatic heterocycles. The van der Waals surface area contributed by atoms with Crippen LogP contribution < -0.4 is 0 Å². The molecule has 8 heteroatoms. The highest BCUT2D eigenvalue weighted by Crippen LogP contribution is 2.51. The molecule has 346 valence electrons. The molecule has 0 unspecified atom stereocenters. The van der Waals surface area contributed by atoms with E-state index in [1.165, 1.54) is 55.6 Å². The first kappa shape index (κ1) is 51.0. The predicted octanol–water partition coefficient (Wildman–Crippen LogP) is 13.1. The third-order valence-corrected chi connectivity index (χ3v) is 15.5. The van der Waals surface area contributed by atoms with Gasteiger partial charge >= 0.3 is 23.9 Å². The molecule has 0 radical (unpaired) electrons. The molecule has 0 heterocycles. The summed E-state index contributed by atoms with van der Waals surface area (Å²) >= 11 is 0. The first-order chi connectivity index (χ1) is 29.2. The Morgan fingerprint density at radius 1 is 0.452 bits per heavy atom. The van der Waals surface area contributed by atoms with E-state index in [0.717, 1.165) is 154 Å². The Bertz CT molecular complexity index is 1870. The highest BCUT2D eigenvalue weighted by Gasteiger charge is 2.50. The van der Waals surface area contributed by atoms with Crippen LogP contribution in [0.2, 0.25) is 0 Å². The van der Waals surface area contributed by atoms with Gasteiger partial charge in [0.25, 0.3) is 0 Å². The zero-order valence-corrected chi connectivity index (χ0v) is 40.0. The van der Waals surface area contributed by atoms with Crippen molar-refractivity contribution in [1.82, 2.24) is 0 Å². The van der Waals surface area contributed by atoms with E-state index in [0.29, 0.717) is 12.8 Å². The number of benzene rings is 2. The van der Waals surface area contributed by atoms with Crippen LogP contribution in [-0.4, -0.2) is 44.3 Å². The van der Waals surface area contributed by atoms with Crippen molar-refractivity contribution < 1.29 is 39.6 Å². The second kappa shape index (κ2) is 22.3. The van der Waals surface area contributed by atoms with Crippen molar-refractivity contribution in [1.29, 1.82) is 0 Å². The maximum atomic E-state index is 11.9. The van der Waals surface area contributed by atoms with Gasteiger partial charge in [0, 0.05) is 0 Å². The molecule has 62 heavy (non-hydrogen) atoms. The van der Waals surface area contributed by atoms with E-state index in [9.17, 15) is 39.6 Å². The second-order valence-corrected chi connectivity index (χ2v) is 21.1. The number of carbonyl (C=O) groups is 4. The largest absolute Gasteiger partial charge is 0.481 e. The van der Waals surface area contributed by atoms with Crippen LogP contribution in [0.15, 0.2) is 12.1 Å². The average Bonchev–Trinajstić information content (AvgIpc) is 4.15. The Balaban J connectivity index is 1.56.